The zero-order valence-electron chi connectivity index (χ0n) is 12.5. The van der Waals surface area contributed by atoms with E-state index in [-0.39, 0.29) is 24.0 Å². The summed E-state index contributed by atoms with van der Waals surface area (Å²) in [5.41, 5.74) is 0. The number of carbonyl (C=O) groups excluding carboxylic acids is 2. The highest BCUT2D eigenvalue weighted by Gasteiger charge is 2.40. The Labute approximate surface area is 121 Å². The van der Waals surface area contributed by atoms with Gasteiger partial charge in [0, 0.05) is 18.5 Å². The van der Waals surface area contributed by atoms with Crippen molar-refractivity contribution in [2.75, 3.05) is 0 Å². The molecule has 0 aromatic rings. The third kappa shape index (κ3) is 3.62. The van der Waals surface area contributed by atoms with Crippen molar-refractivity contribution in [3.63, 3.8) is 0 Å². The molecule has 2 fully saturated rings. The lowest BCUT2D eigenvalue weighted by atomic mass is 9.89. The number of fused-ring (bicyclic) bond motifs is 1. The molecule has 0 aromatic heterocycles. The summed E-state index contributed by atoms with van der Waals surface area (Å²) in [4.78, 5) is 25.1. The van der Waals surface area contributed by atoms with Crippen molar-refractivity contribution in [3.05, 3.63) is 12.2 Å². The van der Waals surface area contributed by atoms with Crippen LogP contribution in [0.15, 0.2) is 12.2 Å². The van der Waals surface area contributed by atoms with E-state index in [4.69, 9.17) is 4.74 Å². The molecule has 0 radical (unpaired) electrons. The molecule has 4 heteroatoms. The number of hydrogen-bond donors (Lipinski definition) is 0. The number of allylic oxidation sites excluding steroid dienone is 1. The lowest BCUT2D eigenvalue weighted by Gasteiger charge is -2.46. The Morgan fingerprint density at radius 3 is 2.95 bits per heavy atom. The maximum absolute atomic E-state index is 12.2. The normalized spacial score (nSPS) is 30.2. The third-order valence-corrected chi connectivity index (χ3v) is 4.25. The molecular weight excluding hydrogens is 254 g/mol. The first-order valence-electron chi connectivity index (χ1n) is 7.77. The van der Waals surface area contributed by atoms with E-state index in [1.165, 1.54) is 0 Å². The quantitative estimate of drug-likeness (QED) is 0.724. The first-order valence-corrected chi connectivity index (χ1v) is 7.77. The molecule has 0 N–H and O–H groups in total. The molecule has 0 saturated carbocycles. The van der Waals surface area contributed by atoms with Gasteiger partial charge in [0.1, 0.15) is 6.10 Å². The monoisotopic (exact) mass is 279 g/mol. The molecule has 3 atom stereocenters. The van der Waals surface area contributed by atoms with E-state index in [1.54, 1.807) is 13.0 Å². The van der Waals surface area contributed by atoms with Crippen molar-refractivity contribution in [3.8, 4) is 0 Å². The van der Waals surface area contributed by atoms with Gasteiger partial charge in [-0.2, -0.15) is 0 Å². The largest absolute Gasteiger partial charge is 0.446 e. The van der Waals surface area contributed by atoms with Crippen LogP contribution in [0.3, 0.4) is 0 Å². The Morgan fingerprint density at radius 1 is 1.45 bits per heavy atom. The molecule has 112 valence electrons. The first kappa shape index (κ1) is 15.1. The van der Waals surface area contributed by atoms with Gasteiger partial charge in [-0.25, -0.2) is 4.79 Å². The summed E-state index contributed by atoms with van der Waals surface area (Å²) in [6.07, 6.45) is 10.4. The number of rotatable bonds is 5. The fourth-order valence-corrected chi connectivity index (χ4v) is 3.37. The number of piperidine rings is 1. The molecule has 2 saturated heterocycles. The highest BCUT2D eigenvalue weighted by atomic mass is 16.6. The summed E-state index contributed by atoms with van der Waals surface area (Å²) in [6, 6.07) is 0.525. The minimum Gasteiger partial charge on any atom is -0.446 e. The lowest BCUT2D eigenvalue weighted by Crippen LogP contribution is -2.55. The van der Waals surface area contributed by atoms with Crippen LogP contribution in [0.5, 0.6) is 0 Å². The molecule has 0 aromatic carbocycles. The fourth-order valence-electron chi connectivity index (χ4n) is 3.37. The van der Waals surface area contributed by atoms with E-state index in [0.717, 1.165) is 44.9 Å². The SMILES string of the molecule is CCC[C@@H]1C[C@@H]2CCC[C@@H](C/C=C/C(C)=O)N2C(=O)O1. The Morgan fingerprint density at radius 2 is 2.25 bits per heavy atom. The van der Waals surface area contributed by atoms with Crippen molar-refractivity contribution < 1.29 is 14.3 Å². The maximum Gasteiger partial charge on any atom is 0.410 e. The van der Waals surface area contributed by atoms with Crippen LogP contribution in [0, 0.1) is 0 Å². The van der Waals surface area contributed by atoms with Gasteiger partial charge in [-0.05, 0) is 45.1 Å². The first-order chi connectivity index (χ1) is 9.61. The van der Waals surface area contributed by atoms with Crippen LogP contribution >= 0.6 is 0 Å². The number of ether oxygens (including phenoxy) is 1. The van der Waals surface area contributed by atoms with Crippen LogP contribution in [-0.4, -0.2) is 35.0 Å². The minimum atomic E-state index is -0.152. The summed E-state index contributed by atoms with van der Waals surface area (Å²) < 4.78 is 5.55. The van der Waals surface area contributed by atoms with E-state index in [9.17, 15) is 9.59 Å². The van der Waals surface area contributed by atoms with Crippen LogP contribution < -0.4 is 0 Å². The van der Waals surface area contributed by atoms with Crippen molar-refractivity contribution in [2.45, 2.75) is 77.0 Å². The minimum absolute atomic E-state index is 0.0570. The maximum atomic E-state index is 12.2. The topological polar surface area (TPSA) is 46.6 Å². The van der Waals surface area contributed by atoms with Crippen LogP contribution in [0.25, 0.3) is 0 Å². The second-order valence-electron chi connectivity index (χ2n) is 5.92. The number of ketones is 1. The number of carbonyl (C=O) groups is 2. The van der Waals surface area contributed by atoms with Crippen molar-refractivity contribution in [1.82, 2.24) is 4.90 Å². The van der Waals surface area contributed by atoms with E-state index in [0.29, 0.717) is 6.04 Å². The second-order valence-corrected chi connectivity index (χ2v) is 5.92. The van der Waals surface area contributed by atoms with Crippen molar-refractivity contribution in [1.29, 1.82) is 0 Å². The van der Waals surface area contributed by atoms with Gasteiger partial charge in [-0.15, -0.1) is 0 Å². The molecule has 2 rings (SSSR count). The smallest absolute Gasteiger partial charge is 0.410 e. The second kappa shape index (κ2) is 6.91. The van der Waals surface area contributed by atoms with Crippen molar-refractivity contribution >= 4 is 11.9 Å². The summed E-state index contributed by atoms with van der Waals surface area (Å²) in [7, 11) is 0. The number of amides is 1. The predicted octanol–water partition coefficient (Wildman–Crippen LogP) is 3.45. The van der Waals surface area contributed by atoms with Crippen LogP contribution in [0.4, 0.5) is 4.79 Å². The van der Waals surface area contributed by atoms with Gasteiger partial charge in [0.15, 0.2) is 5.78 Å². The van der Waals surface area contributed by atoms with E-state index < -0.39 is 0 Å². The molecule has 2 aliphatic heterocycles. The summed E-state index contributed by atoms with van der Waals surface area (Å²) in [5.74, 6) is 0.0570. The van der Waals surface area contributed by atoms with Gasteiger partial charge in [-0.1, -0.05) is 19.4 Å². The molecule has 2 heterocycles. The average molecular weight is 279 g/mol. The third-order valence-electron chi connectivity index (χ3n) is 4.25. The Balaban J connectivity index is 1.99. The molecule has 0 spiro atoms. The summed E-state index contributed by atoms with van der Waals surface area (Å²) in [5, 5.41) is 0. The highest BCUT2D eigenvalue weighted by Crippen LogP contribution is 2.33. The van der Waals surface area contributed by atoms with Gasteiger partial charge >= 0.3 is 6.09 Å². The van der Waals surface area contributed by atoms with Gasteiger partial charge in [-0.3, -0.25) is 4.79 Å². The van der Waals surface area contributed by atoms with Gasteiger partial charge in [0.05, 0.1) is 0 Å². The van der Waals surface area contributed by atoms with E-state index >= 15 is 0 Å². The average Bonchev–Trinajstić information content (AvgIpc) is 2.38. The van der Waals surface area contributed by atoms with Crippen LogP contribution in [0.2, 0.25) is 0 Å². The van der Waals surface area contributed by atoms with Gasteiger partial charge in [0.2, 0.25) is 0 Å². The van der Waals surface area contributed by atoms with E-state index in [2.05, 4.69) is 6.92 Å². The van der Waals surface area contributed by atoms with Crippen LogP contribution in [-0.2, 0) is 9.53 Å². The molecule has 1 amide bonds. The molecule has 0 aliphatic carbocycles. The standard InChI is InChI=1S/C16H25NO3/c1-3-6-15-11-14-10-5-9-13(8-4-7-12(2)18)17(14)16(19)20-15/h4,7,13-15H,3,5-6,8-11H2,1-2H3/b7-4+/t13-,14+,15-/m1/s1. The number of cyclic esters (lactones) is 1. The number of nitrogens with zero attached hydrogens (tertiary/aromatic N) is 1. The van der Waals surface area contributed by atoms with Gasteiger partial charge in [0.25, 0.3) is 0 Å². The molecule has 0 bridgehead atoms. The predicted molar refractivity (Wildman–Crippen MR) is 77.5 cm³/mol. The van der Waals surface area contributed by atoms with Gasteiger partial charge < -0.3 is 9.64 Å². The molecule has 2 aliphatic rings. The lowest BCUT2D eigenvalue weighted by molar-refractivity contribution is -0.112. The zero-order valence-corrected chi connectivity index (χ0v) is 12.5. The molecule has 20 heavy (non-hydrogen) atoms. The zero-order chi connectivity index (χ0) is 14.5. The molecule has 4 nitrogen and oxygen atoms in total. The highest BCUT2D eigenvalue weighted by molar-refractivity contribution is 5.87. The van der Waals surface area contributed by atoms with Crippen molar-refractivity contribution in [2.24, 2.45) is 0 Å². The fraction of sp³-hybridized carbons (Fsp3) is 0.750. The Kier molecular flexibility index (Phi) is 5.21. The number of hydrogen-bond acceptors (Lipinski definition) is 3. The van der Waals surface area contributed by atoms with E-state index in [1.807, 2.05) is 11.0 Å². The summed E-state index contributed by atoms with van der Waals surface area (Å²) >= 11 is 0. The summed E-state index contributed by atoms with van der Waals surface area (Å²) in [6.45, 7) is 3.67. The Hall–Kier alpha value is -1.32. The Bertz CT molecular complexity index is 391. The van der Waals surface area contributed by atoms with Crippen LogP contribution in [0.1, 0.15) is 58.8 Å². The molecule has 0 unspecified atom stereocenters. The molecular formula is C16H25NO3.